The SMILES string of the molecule is C[C@@H](Cn1nnn(-c2ccco2)c1=O)NC(=O)C1CCN(S(C)(=O)=O)CC1. The molecular weight excluding hydrogens is 376 g/mol. The van der Waals surface area contributed by atoms with Crippen LogP contribution < -0.4 is 11.0 Å². The summed E-state index contributed by atoms with van der Waals surface area (Å²) in [5.74, 6) is -0.135. The summed E-state index contributed by atoms with van der Waals surface area (Å²) in [5, 5.41) is 10.4. The second kappa shape index (κ2) is 7.64. The van der Waals surface area contributed by atoms with Crippen LogP contribution in [-0.4, -0.2) is 63.8 Å². The number of carbonyl (C=O) groups excluding carboxylic acids is 1. The Morgan fingerprint density at radius 2 is 2.07 bits per heavy atom. The van der Waals surface area contributed by atoms with Crippen LogP contribution in [0, 0.1) is 5.92 Å². The van der Waals surface area contributed by atoms with Crippen molar-refractivity contribution in [3.05, 3.63) is 28.9 Å². The van der Waals surface area contributed by atoms with E-state index >= 15 is 0 Å². The highest BCUT2D eigenvalue weighted by Gasteiger charge is 2.29. The number of nitrogens with zero attached hydrogens (tertiary/aromatic N) is 5. The Labute approximate surface area is 156 Å². The van der Waals surface area contributed by atoms with Gasteiger partial charge in [0, 0.05) is 31.1 Å². The van der Waals surface area contributed by atoms with Crippen LogP contribution >= 0.6 is 0 Å². The predicted molar refractivity (Wildman–Crippen MR) is 94.6 cm³/mol. The molecule has 1 fully saturated rings. The third kappa shape index (κ3) is 4.45. The van der Waals surface area contributed by atoms with E-state index in [9.17, 15) is 18.0 Å². The molecular formula is C15H22N6O5S. The summed E-state index contributed by atoms with van der Waals surface area (Å²) in [4.78, 5) is 24.7. The molecule has 2 aromatic rings. The van der Waals surface area contributed by atoms with E-state index in [0.717, 1.165) is 9.36 Å². The number of hydrogen-bond acceptors (Lipinski definition) is 7. The van der Waals surface area contributed by atoms with Crippen LogP contribution in [0.25, 0.3) is 5.88 Å². The lowest BCUT2D eigenvalue weighted by atomic mass is 9.97. The normalized spacial score (nSPS) is 17.7. The number of carbonyl (C=O) groups is 1. The minimum atomic E-state index is -3.22. The lowest BCUT2D eigenvalue weighted by Gasteiger charge is -2.30. The smallest absolute Gasteiger partial charge is 0.371 e. The van der Waals surface area contributed by atoms with Crippen molar-refractivity contribution in [3.8, 4) is 5.88 Å². The molecule has 1 amide bonds. The minimum Gasteiger partial charge on any atom is -0.446 e. The van der Waals surface area contributed by atoms with E-state index in [1.807, 2.05) is 0 Å². The summed E-state index contributed by atoms with van der Waals surface area (Å²) in [6.07, 6.45) is 3.54. The molecule has 148 valence electrons. The van der Waals surface area contributed by atoms with E-state index in [1.54, 1.807) is 19.1 Å². The summed E-state index contributed by atoms with van der Waals surface area (Å²) in [5.41, 5.74) is -0.465. The van der Waals surface area contributed by atoms with Crippen LogP contribution in [0.5, 0.6) is 0 Å². The fourth-order valence-corrected chi connectivity index (χ4v) is 3.91. The number of tetrazole rings is 1. The lowest BCUT2D eigenvalue weighted by Crippen LogP contribution is -2.46. The van der Waals surface area contributed by atoms with Gasteiger partial charge in [-0.3, -0.25) is 4.79 Å². The Morgan fingerprint density at radius 1 is 1.37 bits per heavy atom. The average Bonchev–Trinajstić information content (AvgIpc) is 3.25. The van der Waals surface area contributed by atoms with Crippen LogP contribution in [0.2, 0.25) is 0 Å². The third-order valence-electron chi connectivity index (χ3n) is 4.48. The quantitative estimate of drug-likeness (QED) is 0.673. The monoisotopic (exact) mass is 398 g/mol. The number of rotatable bonds is 6. The van der Waals surface area contributed by atoms with Gasteiger partial charge in [-0.05, 0) is 36.3 Å². The molecule has 0 bridgehead atoms. The highest BCUT2D eigenvalue weighted by atomic mass is 32.2. The maximum absolute atomic E-state index is 12.4. The van der Waals surface area contributed by atoms with Crippen molar-refractivity contribution in [3.63, 3.8) is 0 Å². The average molecular weight is 398 g/mol. The highest BCUT2D eigenvalue weighted by molar-refractivity contribution is 7.88. The molecule has 0 aromatic carbocycles. The zero-order valence-corrected chi connectivity index (χ0v) is 15.9. The number of aromatic nitrogens is 4. The van der Waals surface area contributed by atoms with Gasteiger partial charge >= 0.3 is 5.69 Å². The summed E-state index contributed by atoms with van der Waals surface area (Å²) >= 11 is 0. The molecule has 1 N–H and O–H groups in total. The van der Waals surface area contributed by atoms with Gasteiger partial charge in [-0.25, -0.2) is 17.5 Å². The van der Waals surface area contributed by atoms with Gasteiger partial charge in [-0.15, -0.1) is 4.68 Å². The highest BCUT2D eigenvalue weighted by Crippen LogP contribution is 2.19. The number of amides is 1. The summed E-state index contributed by atoms with van der Waals surface area (Å²) < 4.78 is 31.8. The van der Waals surface area contributed by atoms with Crippen molar-refractivity contribution in [1.29, 1.82) is 0 Å². The van der Waals surface area contributed by atoms with Gasteiger partial charge in [0.05, 0.1) is 19.1 Å². The lowest BCUT2D eigenvalue weighted by molar-refractivity contribution is -0.126. The molecule has 0 spiro atoms. The van der Waals surface area contributed by atoms with Crippen molar-refractivity contribution in [2.45, 2.75) is 32.4 Å². The first-order valence-corrected chi connectivity index (χ1v) is 10.4. The van der Waals surface area contributed by atoms with E-state index in [0.29, 0.717) is 25.9 Å². The fourth-order valence-electron chi connectivity index (χ4n) is 3.03. The van der Waals surface area contributed by atoms with Crippen molar-refractivity contribution in [2.24, 2.45) is 5.92 Å². The van der Waals surface area contributed by atoms with E-state index in [4.69, 9.17) is 4.42 Å². The Balaban J connectivity index is 1.55. The maximum atomic E-state index is 12.4. The number of piperidine rings is 1. The number of nitrogens with one attached hydrogen (secondary N) is 1. The first-order chi connectivity index (χ1) is 12.8. The Bertz CT molecular complexity index is 940. The maximum Gasteiger partial charge on any atom is 0.371 e. The fraction of sp³-hybridized carbons (Fsp3) is 0.600. The van der Waals surface area contributed by atoms with Gasteiger partial charge in [0.15, 0.2) is 0 Å². The Kier molecular flexibility index (Phi) is 5.46. The molecule has 2 aromatic heterocycles. The van der Waals surface area contributed by atoms with Crippen molar-refractivity contribution in [1.82, 2.24) is 29.4 Å². The first kappa shape index (κ1) is 19.3. The first-order valence-electron chi connectivity index (χ1n) is 8.58. The predicted octanol–water partition coefficient (Wildman–Crippen LogP) is -0.802. The zero-order valence-electron chi connectivity index (χ0n) is 15.1. The molecule has 11 nitrogen and oxygen atoms in total. The molecule has 3 rings (SSSR count). The van der Waals surface area contributed by atoms with Crippen molar-refractivity contribution < 1.29 is 17.6 Å². The molecule has 1 saturated heterocycles. The van der Waals surface area contributed by atoms with E-state index in [-0.39, 0.29) is 30.3 Å². The Morgan fingerprint density at radius 3 is 2.67 bits per heavy atom. The van der Waals surface area contributed by atoms with Gasteiger partial charge in [0.1, 0.15) is 0 Å². The standard InChI is InChI=1S/C15H22N6O5S/c1-11(10-20-15(23)21(18-17-20)13-4-3-9-26-13)16-14(22)12-5-7-19(8-6-12)27(2,24)25/h3-4,9,11-12H,5-8,10H2,1-2H3,(H,16,22)/t11-/m0/s1. The molecule has 27 heavy (non-hydrogen) atoms. The van der Waals surface area contributed by atoms with Gasteiger partial charge in [-0.2, -0.15) is 4.68 Å². The number of furan rings is 1. The Hall–Kier alpha value is -2.47. The zero-order chi connectivity index (χ0) is 19.6. The van der Waals surface area contributed by atoms with E-state index in [1.165, 1.54) is 16.8 Å². The van der Waals surface area contributed by atoms with Crippen LogP contribution in [-0.2, 0) is 21.4 Å². The minimum absolute atomic E-state index is 0.151. The van der Waals surface area contributed by atoms with Crippen molar-refractivity contribution in [2.75, 3.05) is 19.3 Å². The van der Waals surface area contributed by atoms with Crippen LogP contribution in [0.3, 0.4) is 0 Å². The van der Waals surface area contributed by atoms with Gasteiger partial charge in [-0.1, -0.05) is 0 Å². The third-order valence-corrected chi connectivity index (χ3v) is 5.79. The van der Waals surface area contributed by atoms with Crippen molar-refractivity contribution >= 4 is 15.9 Å². The van der Waals surface area contributed by atoms with Gasteiger partial charge < -0.3 is 9.73 Å². The molecule has 1 atom stereocenters. The molecule has 1 aliphatic heterocycles. The van der Waals surface area contributed by atoms with Crippen LogP contribution in [0.1, 0.15) is 19.8 Å². The van der Waals surface area contributed by atoms with Gasteiger partial charge in [0.2, 0.25) is 21.8 Å². The number of hydrogen-bond donors (Lipinski definition) is 1. The summed E-state index contributed by atoms with van der Waals surface area (Å²) in [6, 6.07) is 2.89. The van der Waals surface area contributed by atoms with E-state index in [2.05, 4.69) is 15.7 Å². The molecule has 3 heterocycles. The topological polar surface area (TPSA) is 132 Å². The largest absolute Gasteiger partial charge is 0.446 e. The molecule has 12 heteroatoms. The summed E-state index contributed by atoms with van der Waals surface area (Å²) in [7, 11) is -3.22. The molecule has 0 aliphatic carbocycles. The summed E-state index contributed by atoms with van der Waals surface area (Å²) in [6.45, 7) is 2.60. The van der Waals surface area contributed by atoms with Gasteiger partial charge in [0.25, 0.3) is 0 Å². The van der Waals surface area contributed by atoms with E-state index < -0.39 is 15.7 Å². The number of sulfonamides is 1. The molecule has 0 unspecified atom stereocenters. The van der Waals surface area contributed by atoms with Crippen LogP contribution in [0.15, 0.2) is 27.6 Å². The second-order valence-electron chi connectivity index (χ2n) is 6.65. The molecule has 1 aliphatic rings. The molecule has 0 saturated carbocycles. The second-order valence-corrected chi connectivity index (χ2v) is 8.64. The molecule has 0 radical (unpaired) electrons. The van der Waals surface area contributed by atoms with Crippen LogP contribution in [0.4, 0.5) is 0 Å².